The van der Waals surface area contributed by atoms with Crippen LogP contribution in [0.4, 0.5) is 0 Å². The van der Waals surface area contributed by atoms with Gasteiger partial charge in [-0.2, -0.15) is 0 Å². The first-order valence-electron chi connectivity index (χ1n) is 11.8. The predicted molar refractivity (Wildman–Crippen MR) is 131 cm³/mol. The van der Waals surface area contributed by atoms with Gasteiger partial charge in [-0.15, -0.1) is 0 Å². The van der Waals surface area contributed by atoms with Gasteiger partial charge in [0.1, 0.15) is 12.1 Å². The zero-order valence-electron chi connectivity index (χ0n) is 20.5. The summed E-state index contributed by atoms with van der Waals surface area (Å²) in [7, 11) is 0. The molecule has 204 valence electrons. The minimum absolute atomic E-state index is 0.0247. The van der Waals surface area contributed by atoms with Crippen LogP contribution >= 0.6 is 0 Å². The van der Waals surface area contributed by atoms with E-state index in [9.17, 15) is 29.4 Å². The summed E-state index contributed by atoms with van der Waals surface area (Å²) in [5.41, 5.74) is 12.7. The average molecular weight is 522 g/mol. The summed E-state index contributed by atoms with van der Waals surface area (Å²) in [6.45, 7) is 1.59. The van der Waals surface area contributed by atoms with Gasteiger partial charge in [-0.05, 0) is 32.7 Å². The zero-order chi connectivity index (χ0) is 27.4. The maximum atomic E-state index is 13.3. The summed E-state index contributed by atoms with van der Waals surface area (Å²) < 4.78 is 0. The number of aliphatic hydroxyl groups excluding tert-OH is 1. The number of carboxylic acid groups (broad SMARTS) is 1. The first kappa shape index (κ1) is 29.4. The normalized spacial score (nSPS) is 15.1. The van der Waals surface area contributed by atoms with Crippen LogP contribution in [0.15, 0.2) is 25.0 Å². The maximum Gasteiger partial charge on any atom is 0.328 e. The van der Waals surface area contributed by atoms with E-state index in [4.69, 9.17) is 11.5 Å². The Labute approximate surface area is 213 Å². The van der Waals surface area contributed by atoms with Crippen LogP contribution in [0, 0.1) is 0 Å². The summed E-state index contributed by atoms with van der Waals surface area (Å²) in [6, 6.07) is -4.82. The van der Waals surface area contributed by atoms with Crippen LogP contribution in [0.25, 0.3) is 0 Å². The molecule has 0 fully saturated rings. The second kappa shape index (κ2) is 14.7. The maximum absolute atomic E-state index is 13.3. The van der Waals surface area contributed by atoms with Crippen molar-refractivity contribution in [2.45, 2.75) is 69.3 Å². The van der Waals surface area contributed by atoms with Crippen LogP contribution in [0.2, 0.25) is 0 Å². The zero-order valence-corrected chi connectivity index (χ0v) is 20.5. The Bertz CT molecular complexity index is 996. The van der Waals surface area contributed by atoms with E-state index in [0.29, 0.717) is 30.8 Å². The van der Waals surface area contributed by atoms with Gasteiger partial charge in [0.15, 0.2) is 6.04 Å². The van der Waals surface area contributed by atoms with E-state index in [1.54, 1.807) is 0 Å². The molecule has 2 heterocycles. The number of amides is 3. The number of rotatable bonds is 16. The fourth-order valence-electron chi connectivity index (χ4n) is 3.51. The fraction of sp³-hybridized carbons (Fsp3) is 0.545. The van der Waals surface area contributed by atoms with Crippen molar-refractivity contribution in [3.05, 3.63) is 36.4 Å². The molecule has 15 heteroatoms. The smallest absolute Gasteiger partial charge is 0.328 e. The van der Waals surface area contributed by atoms with E-state index >= 15 is 0 Å². The minimum Gasteiger partial charge on any atom is -0.480 e. The van der Waals surface area contributed by atoms with Crippen LogP contribution in [0.1, 0.15) is 37.6 Å². The molecule has 2 aromatic rings. The van der Waals surface area contributed by atoms with Crippen LogP contribution < -0.4 is 27.4 Å². The molecule has 0 saturated carbocycles. The Morgan fingerprint density at radius 1 is 0.919 bits per heavy atom. The Morgan fingerprint density at radius 3 is 2.00 bits per heavy atom. The number of carbonyl (C=O) groups is 4. The fourth-order valence-corrected chi connectivity index (χ4v) is 3.51. The number of aromatic nitrogens is 4. The number of carboxylic acids is 1. The number of H-pyrrole nitrogens is 2. The molecule has 2 rings (SSSR count). The Kier molecular flexibility index (Phi) is 11.7. The van der Waals surface area contributed by atoms with Gasteiger partial charge in [0, 0.05) is 36.6 Å². The highest BCUT2D eigenvalue weighted by Gasteiger charge is 2.32. The lowest BCUT2D eigenvalue weighted by Crippen LogP contribution is -2.58. The molecule has 0 aliphatic carbocycles. The Balaban J connectivity index is 2.16. The van der Waals surface area contributed by atoms with E-state index in [1.807, 2.05) is 0 Å². The quantitative estimate of drug-likeness (QED) is 0.103. The van der Waals surface area contributed by atoms with E-state index in [-0.39, 0.29) is 19.3 Å². The van der Waals surface area contributed by atoms with Gasteiger partial charge in [0.25, 0.3) is 0 Å². The van der Waals surface area contributed by atoms with Crippen molar-refractivity contribution in [3.8, 4) is 0 Å². The first-order valence-corrected chi connectivity index (χ1v) is 11.8. The number of carbonyl (C=O) groups excluding carboxylic acids is 3. The third-order valence-corrected chi connectivity index (χ3v) is 5.57. The molecule has 5 atom stereocenters. The molecule has 0 bridgehead atoms. The molecule has 0 radical (unpaired) electrons. The predicted octanol–water partition coefficient (Wildman–Crippen LogP) is -2.71. The van der Waals surface area contributed by atoms with E-state index in [1.165, 1.54) is 32.0 Å². The number of aliphatic hydroxyl groups is 1. The molecule has 0 aliphatic rings. The van der Waals surface area contributed by atoms with Crippen molar-refractivity contribution in [3.63, 3.8) is 0 Å². The van der Waals surface area contributed by atoms with E-state index in [2.05, 4.69) is 35.9 Å². The third-order valence-electron chi connectivity index (χ3n) is 5.57. The highest BCUT2D eigenvalue weighted by Crippen LogP contribution is 2.06. The third kappa shape index (κ3) is 9.63. The summed E-state index contributed by atoms with van der Waals surface area (Å²) in [4.78, 5) is 63.8. The number of hydrogen-bond donors (Lipinski definition) is 9. The molecular formula is C22H35N9O6. The summed E-state index contributed by atoms with van der Waals surface area (Å²) >= 11 is 0. The molecule has 0 saturated heterocycles. The lowest BCUT2D eigenvalue weighted by Gasteiger charge is -2.25. The molecule has 0 spiro atoms. The number of aromatic amines is 2. The molecular weight excluding hydrogens is 486 g/mol. The number of nitrogens with zero attached hydrogens (tertiary/aromatic N) is 2. The molecule has 37 heavy (non-hydrogen) atoms. The minimum atomic E-state index is -1.57. The molecule has 11 N–H and O–H groups in total. The number of nitrogens with two attached hydrogens (primary N) is 2. The molecule has 0 aliphatic heterocycles. The Hall–Kier alpha value is -3.82. The summed E-state index contributed by atoms with van der Waals surface area (Å²) in [5, 5.41) is 26.5. The highest BCUT2D eigenvalue weighted by atomic mass is 16.4. The van der Waals surface area contributed by atoms with Gasteiger partial charge >= 0.3 is 5.97 Å². The van der Waals surface area contributed by atoms with Gasteiger partial charge in [0.05, 0.1) is 24.8 Å². The second-order valence-corrected chi connectivity index (χ2v) is 8.64. The number of nitrogens with one attached hydrogen (secondary N) is 5. The highest BCUT2D eigenvalue weighted by molar-refractivity contribution is 5.94. The number of hydrogen-bond acceptors (Lipinski definition) is 9. The summed E-state index contributed by atoms with van der Waals surface area (Å²) in [6.07, 6.45) is 5.89. The van der Waals surface area contributed by atoms with Gasteiger partial charge in [-0.1, -0.05) is 0 Å². The van der Waals surface area contributed by atoms with Gasteiger partial charge in [-0.3, -0.25) is 14.4 Å². The molecule has 5 unspecified atom stereocenters. The largest absolute Gasteiger partial charge is 0.480 e. The molecule has 15 nitrogen and oxygen atoms in total. The van der Waals surface area contributed by atoms with Crippen LogP contribution in [0.3, 0.4) is 0 Å². The van der Waals surface area contributed by atoms with Crippen LogP contribution in [-0.4, -0.2) is 90.7 Å². The van der Waals surface area contributed by atoms with Crippen molar-refractivity contribution in [1.82, 2.24) is 35.9 Å². The van der Waals surface area contributed by atoms with E-state index < -0.39 is 54.0 Å². The lowest BCUT2D eigenvalue weighted by atomic mass is 10.0. The van der Waals surface area contributed by atoms with Gasteiger partial charge in [0.2, 0.25) is 17.7 Å². The topological polar surface area (TPSA) is 254 Å². The molecule has 3 amide bonds. The van der Waals surface area contributed by atoms with Crippen molar-refractivity contribution < 1.29 is 29.4 Å². The lowest BCUT2D eigenvalue weighted by molar-refractivity contribution is -0.145. The van der Waals surface area contributed by atoms with Gasteiger partial charge in [-0.25, -0.2) is 14.8 Å². The molecule has 2 aromatic heterocycles. The van der Waals surface area contributed by atoms with Crippen molar-refractivity contribution in [2.24, 2.45) is 11.5 Å². The van der Waals surface area contributed by atoms with Crippen molar-refractivity contribution in [2.75, 3.05) is 6.54 Å². The molecule has 0 aromatic carbocycles. The van der Waals surface area contributed by atoms with Crippen molar-refractivity contribution in [1.29, 1.82) is 0 Å². The standard InChI is InChI=1S/C22H35N9O6/c1-12(32)18(22(36)37)31-20(34)16(4-2-3-5-23)29-21(35)17(7-14-9-26-11-28-14)30-19(33)15(24)6-13-8-25-10-27-13/h8-12,15-18,32H,2-7,23-24H2,1H3,(H,25,27)(H,26,28)(H,29,35)(H,30,33)(H,31,34)(H,36,37). The monoisotopic (exact) mass is 521 g/mol. The average Bonchev–Trinajstić information content (AvgIpc) is 3.55. The first-order chi connectivity index (χ1) is 17.6. The Morgan fingerprint density at radius 2 is 1.49 bits per heavy atom. The number of unbranched alkanes of at least 4 members (excludes halogenated alkanes) is 1. The second-order valence-electron chi connectivity index (χ2n) is 8.64. The number of imidazole rings is 2. The van der Waals surface area contributed by atoms with Crippen LogP contribution in [-0.2, 0) is 32.0 Å². The SMILES string of the molecule is CC(O)C(NC(=O)C(CCCCN)NC(=O)C(Cc1cnc[nH]1)NC(=O)C(N)Cc1cnc[nH]1)C(=O)O. The summed E-state index contributed by atoms with van der Waals surface area (Å²) in [5.74, 6) is -3.50. The van der Waals surface area contributed by atoms with E-state index in [0.717, 1.165) is 0 Å². The van der Waals surface area contributed by atoms with Gasteiger partial charge < -0.3 is 47.6 Å². The number of aliphatic carboxylic acids is 1. The van der Waals surface area contributed by atoms with Crippen LogP contribution in [0.5, 0.6) is 0 Å². The van der Waals surface area contributed by atoms with Crippen molar-refractivity contribution >= 4 is 23.7 Å².